The van der Waals surface area contributed by atoms with Crippen LogP contribution in [0, 0.1) is 11.3 Å². The summed E-state index contributed by atoms with van der Waals surface area (Å²) >= 11 is 7.16. The molecule has 0 saturated carbocycles. The van der Waals surface area contributed by atoms with E-state index in [1.54, 1.807) is 0 Å². The largest absolute Gasteiger partial charge is 0.449 e. The predicted octanol–water partition coefficient (Wildman–Crippen LogP) is 4.62. The van der Waals surface area contributed by atoms with Crippen LogP contribution in [0.15, 0.2) is 42.6 Å². The number of anilines is 1. The van der Waals surface area contributed by atoms with Gasteiger partial charge < -0.3 is 10.1 Å². The van der Waals surface area contributed by atoms with Crippen LogP contribution in [0.1, 0.15) is 34.0 Å². The Hall–Kier alpha value is -3.21. The van der Waals surface area contributed by atoms with Crippen LogP contribution in [0.25, 0.3) is 10.4 Å². The van der Waals surface area contributed by atoms with E-state index in [-0.39, 0.29) is 10.7 Å². The van der Waals surface area contributed by atoms with Gasteiger partial charge in [-0.2, -0.15) is 5.26 Å². The Morgan fingerprint density at radius 3 is 2.87 bits per heavy atom. The first-order valence-electron chi connectivity index (χ1n) is 9.25. The molecule has 4 rings (SSSR count). The average Bonchev–Trinajstić information content (AvgIpc) is 3.11. The number of nitrogens with one attached hydrogen (secondary N) is 1. The zero-order valence-electron chi connectivity index (χ0n) is 15.9. The highest BCUT2D eigenvalue weighted by Crippen LogP contribution is 2.44. The van der Waals surface area contributed by atoms with Crippen molar-refractivity contribution in [1.82, 2.24) is 4.98 Å². The van der Waals surface area contributed by atoms with Gasteiger partial charge in [-0.1, -0.05) is 35.9 Å². The highest BCUT2D eigenvalue weighted by Gasteiger charge is 2.27. The van der Waals surface area contributed by atoms with Gasteiger partial charge in [-0.25, -0.2) is 9.78 Å². The van der Waals surface area contributed by atoms with Gasteiger partial charge in [-0.3, -0.25) is 4.79 Å². The van der Waals surface area contributed by atoms with E-state index in [1.165, 1.54) is 42.2 Å². The third-order valence-corrected chi connectivity index (χ3v) is 6.26. The molecule has 1 aliphatic carbocycles. The predicted molar refractivity (Wildman–Crippen MR) is 115 cm³/mol. The number of aromatic nitrogens is 1. The van der Waals surface area contributed by atoms with Crippen LogP contribution in [0.2, 0.25) is 5.15 Å². The molecule has 150 valence electrons. The molecule has 3 aromatic rings. The zero-order chi connectivity index (χ0) is 21.3. The number of thiophene rings is 1. The Morgan fingerprint density at radius 2 is 2.10 bits per heavy atom. The molecule has 30 heavy (non-hydrogen) atoms. The normalized spacial score (nSPS) is 12.8. The van der Waals surface area contributed by atoms with Crippen LogP contribution >= 0.6 is 22.9 Å². The summed E-state index contributed by atoms with van der Waals surface area (Å²) in [6.45, 7) is 1.48. The van der Waals surface area contributed by atoms with Gasteiger partial charge in [-0.15, -0.1) is 11.3 Å². The molecule has 2 aromatic heterocycles. The van der Waals surface area contributed by atoms with Crippen LogP contribution < -0.4 is 5.32 Å². The quantitative estimate of drug-likeness (QED) is 0.475. The van der Waals surface area contributed by atoms with E-state index in [0.29, 0.717) is 10.6 Å². The molecular weight excluding hydrogens is 422 g/mol. The van der Waals surface area contributed by atoms with E-state index in [1.807, 2.05) is 18.2 Å². The third-order valence-electron chi connectivity index (χ3n) is 4.88. The number of rotatable bonds is 4. The standard InChI is InChI=1S/C22H16ClN3O3S/c1-12(29-22(28)14-8-9-25-18(23)10-14)20(27)26-21-17(11-24)16-7-6-13-4-2-3-5-15(13)19(16)30-21/h2-5,8-10,12H,6-7H2,1H3,(H,26,27). The van der Waals surface area contributed by atoms with Crippen LogP contribution in [0.4, 0.5) is 5.00 Å². The minimum Gasteiger partial charge on any atom is -0.449 e. The first-order chi connectivity index (χ1) is 14.5. The summed E-state index contributed by atoms with van der Waals surface area (Å²) in [6.07, 6.45) is 1.93. The van der Waals surface area contributed by atoms with Crippen molar-refractivity contribution in [2.75, 3.05) is 5.32 Å². The smallest absolute Gasteiger partial charge is 0.339 e. The monoisotopic (exact) mass is 437 g/mol. The van der Waals surface area contributed by atoms with Crippen LogP contribution in [0.3, 0.4) is 0 Å². The second-order valence-electron chi connectivity index (χ2n) is 6.79. The lowest BCUT2D eigenvalue weighted by atomic mass is 9.90. The van der Waals surface area contributed by atoms with E-state index in [9.17, 15) is 14.9 Å². The van der Waals surface area contributed by atoms with Crippen molar-refractivity contribution in [1.29, 1.82) is 5.26 Å². The van der Waals surface area contributed by atoms with Crippen molar-refractivity contribution in [3.05, 3.63) is 70.0 Å². The number of benzene rings is 1. The molecule has 0 bridgehead atoms. The van der Waals surface area contributed by atoms with E-state index in [2.05, 4.69) is 22.4 Å². The van der Waals surface area contributed by atoms with E-state index in [4.69, 9.17) is 16.3 Å². The van der Waals surface area contributed by atoms with E-state index < -0.39 is 18.0 Å². The fraction of sp³-hybridized carbons (Fsp3) is 0.182. The Bertz CT molecular complexity index is 1200. The lowest BCUT2D eigenvalue weighted by Crippen LogP contribution is -2.30. The summed E-state index contributed by atoms with van der Waals surface area (Å²) in [5.74, 6) is -1.19. The summed E-state index contributed by atoms with van der Waals surface area (Å²) in [7, 11) is 0. The zero-order valence-corrected chi connectivity index (χ0v) is 17.5. The second kappa shape index (κ2) is 8.27. The van der Waals surface area contributed by atoms with Gasteiger partial charge in [0, 0.05) is 11.1 Å². The molecular formula is C22H16ClN3O3S. The molecule has 1 aromatic carbocycles. The molecule has 1 aliphatic rings. The minimum absolute atomic E-state index is 0.157. The Morgan fingerprint density at radius 1 is 1.30 bits per heavy atom. The molecule has 0 saturated heterocycles. The highest BCUT2D eigenvalue weighted by molar-refractivity contribution is 7.20. The van der Waals surface area contributed by atoms with Gasteiger partial charge in [0.2, 0.25) is 0 Å². The number of hydrogen-bond donors (Lipinski definition) is 1. The number of aryl methyl sites for hydroxylation is 1. The summed E-state index contributed by atoms with van der Waals surface area (Å²) in [4.78, 5) is 29.7. The van der Waals surface area contributed by atoms with Crippen molar-refractivity contribution in [2.45, 2.75) is 25.9 Å². The second-order valence-corrected chi connectivity index (χ2v) is 8.19. The number of nitrogens with zero attached hydrogens (tertiary/aromatic N) is 2. The van der Waals surface area contributed by atoms with Gasteiger partial charge in [0.15, 0.2) is 6.10 Å². The number of amides is 1. The van der Waals surface area contributed by atoms with E-state index >= 15 is 0 Å². The van der Waals surface area contributed by atoms with Gasteiger partial charge in [0.25, 0.3) is 5.91 Å². The first kappa shape index (κ1) is 20.1. The maximum Gasteiger partial charge on any atom is 0.339 e. The Balaban J connectivity index is 1.53. The summed E-state index contributed by atoms with van der Waals surface area (Å²) in [5.41, 5.74) is 3.95. The fourth-order valence-electron chi connectivity index (χ4n) is 3.37. The number of ether oxygens (including phenoxy) is 1. The van der Waals surface area contributed by atoms with Crippen LogP contribution in [0.5, 0.6) is 0 Å². The van der Waals surface area contributed by atoms with Crippen molar-refractivity contribution < 1.29 is 14.3 Å². The molecule has 2 heterocycles. The molecule has 1 N–H and O–H groups in total. The fourth-order valence-corrected chi connectivity index (χ4v) is 4.81. The summed E-state index contributed by atoms with van der Waals surface area (Å²) < 4.78 is 5.24. The Labute approximate surface area is 182 Å². The average molecular weight is 438 g/mol. The van der Waals surface area contributed by atoms with Crippen molar-refractivity contribution >= 4 is 39.8 Å². The number of fused-ring (bicyclic) bond motifs is 3. The topological polar surface area (TPSA) is 92.1 Å². The SMILES string of the molecule is CC(OC(=O)c1ccnc(Cl)c1)C(=O)Nc1sc2c(c1C#N)CCc1ccccc1-2. The maximum absolute atomic E-state index is 12.6. The molecule has 1 amide bonds. The lowest BCUT2D eigenvalue weighted by molar-refractivity contribution is -0.123. The molecule has 1 atom stereocenters. The van der Waals surface area contributed by atoms with E-state index in [0.717, 1.165) is 28.8 Å². The lowest BCUT2D eigenvalue weighted by Gasteiger charge is -2.15. The van der Waals surface area contributed by atoms with Crippen LogP contribution in [-0.4, -0.2) is 23.0 Å². The number of esters is 1. The number of hydrogen-bond acceptors (Lipinski definition) is 6. The van der Waals surface area contributed by atoms with Crippen LogP contribution in [-0.2, 0) is 22.4 Å². The third kappa shape index (κ3) is 3.80. The number of pyridine rings is 1. The number of halogens is 1. The molecule has 0 spiro atoms. The van der Waals surface area contributed by atoms with Crippen molar-refractivity contribution in [2.24, 2.45) is 0 Å². The minimum atomic E-state index is -1.05. The molecule has 0 radical (unpaired) electrons. The van der Waals surface area contributed by atoms with Gasteiger partial charge in [-0.05, 0) is 48.6 Å². The first-order valence-corrected chi connectivity index (χ1v) is 10.4. The molecule has 0 aliphatic heterocycles. The van der Waals surface area contributed by atoms with Crippen molar-refractivity contribution in [3.63, 3.8) is 0 Å². The number of carbonyl (C=O) groups is 2. The van der Waals surface area contributed by atoms with Gasteiger partial charge in [0.1, 0.15) is 16.2 Å². The molecule has 8 heteroatoms. The molecule has 0 fully saturated rings. The summed E-state index contributed by atoms with van der Waals surface area (Å²) in [6, 6.07) is 13.1. The maximum atomic E-state index is 12.6. The van der Waals surface area contributed by atoms with Gasteiger partial charge >= 0.3 is 5.97 Å². The molecule has 6 nitrogen and oxygen atoms in total. The molecule has 1 unspecified atom stereocenters. The number of nitriles is 1. The van der Waals surface area contributed by atoms with Gasteiger partial charge in [0.05, 0.1) is 11.1 Å². The Kier molecular flexibility index (Phi) is 5.53. The summed E-state index contributed by atoms with van der Waals surface area (Å²) in [5, 5.41) is 13.1. The number of carbonyl (C=O) groups excluding carboxylic acids is 2. The highest BCUT2D eigenvalue weighted by atomic mass is 35.5. The van der Waals surface area contributed by atoms with Crippen molar-refractivity contribution in [3.8, 4) is 16.5 Å².